The number of methoxy groups -OCH3 is 1. The summed E-state index contributed by atoms with van der Waals surface area (Å²) in [6.45, 7) is 9.61. The Kier molecular flexibility index (Phi) is 5.29. The van der Waals surface area contributed by atoms with Crippen LogP contribution in [0.25, 0.3) is 0 Å². The van der Waals surface area contributed by atoms with Gasteiger partial charge in [-0.2, -0.15) is 0 Å². The third kappa shape index (κ3) is 4.91. The second-order valence-electron chi connectivity index (χ2n) is 6.55. The highest BCUT2D eigenvalue weighted by Gasteiger charge is 2.22. The molecule has 0 aliphatic carbocycles. The van der Waals surface area contributed by atoms with Gasteiger partial charge in [0.25, 0.3) is 0 Å². The van der Waals surface area contributed by atoms with Gasteiger partial charge in [0, 0.05) is 31.9 Å². The molecule has 1 aliphatic heterocycles. The highest BCUT2D eigenvalue weighted by Crippen LogP contribution is 2.20. The number of hydrogen-bond donors (Lipinski definition) is 0. The molecule has 1 fully saturated rings. The van der Waals surface area contributed by atoms with Gasteiger partial charge in [-0.15, -0.1) is 0 Å². The quantitative estimate of drug-likeness (QED) is 0.798. The molecule has 0 spiro atoms. The van der Waals surface area contributed by atoms with E-state index in [-0.39, 0.29) is 5.97 Å². The van der Waals surface area contributed by atoms with Crippen LogP contribution >= 0.6 is 0 Å². The van der Waals surface area contributed by atoms with Gasteiger partial charge in [-0.05, 0) is 45.0 Å². The molecule has 1 saturated heterocycles. The van der Waals surface area contributed by atoms with Gasteiger partial charge in [-0.1, -0.05) is 0 Å². The van der Waals surface area contributed by atoms with Crippen LogP contribution in [-0.4, -0.2) is 56.3 Å². The Hall–Kier alpha value is -1.75. The topological polar surface area (TPSA) is 42.0 Å². The molecule has 0 unspecified atom stereocenters. The lowest BCUT2D eigenvalue weighted by molar-refractivity contribution is -0.156. The van der Waals surface area contributed by atoms with Crippen LogP contribution in [0.5, 0.6) is 5.75 Å². The third-order valence-corrected chi connectivity index (χ3v) is 3.58. The number of hydrogen-bond acceptors (Lipinski definition) is 5. The zero-order valence-corrected chi connectivity index (χ0v) is 14.0. The number of piperazine rings is 1. The number of anilines is 1. The molecule has 2 rings (SSSR count). The Morgan fingerprint density at radius 1 is 1.09 bits per heavy atom. The van der Waals surface area contributed by atoms with E-state index in [1.165, 1.54) is 5.69 Å². The lowest BCUT2D eigenvalue weighted by atomic mass is 10.2. The number of rotatable bonds is 4. The molecular formula is C17H26N2O3. The summed E-state index contributed by atoms with van der Waals surface area (Å²) in [4.78, 5) is 16.3. The number of benzene rings is 1. The maximum absolute atomic E-state index is 11.9. The molecule has 0 saturated carbocycles. The molecule has 0 aromatic heterocycles. The van der Waals surface area contributed by atoms with Crippen LogP contribution in [0, 0.1) is 0 Å². The van der Waals surface area contributed by atoms with Crippen molar-refractivity contribution in [3.63, 3.8) is 0 Å². The smallest absolute Gasteiger partial charge is 0.320 e. The summed E-state index contributed by atoms with van der Waals surface area (Å²) in [7, 11) is 1.67. The summed E-state index contributed by atoms with van der Waals surface area (Å²) in [5.41, 5.74) is 0.778. The first-order chi connectivity index (χ1) is 10.4. The molecule has 122 valence electrons. The summed E-state index contributed by atoms with van der Waals surface area (Å²) in [6, 6.07) is 8.09. The first-order valence-electron chi connectivity index (χ1n) is 7.70. The molecule has 0 radical (unpaired) electrons. The first kappa shape index (κ1) is 16.6. The zero-order chi connectivity index (χ0) is 16.2. The number of carbonyl (C=O) groups is 1. The Morgan fingerprint density at radius 3 is 2.18 bits per heavy atom. The van der Waals surface area contributed by atoms with Crippen molar-refractivity contribution in [2.24, 2.45) is 0 Å². The number of esters is 1. The minimum absolute atomic E-state index is 0.148. The monoisotopic (exact) mass is 306 g/mol. The van der Waals surface area contributed by atoms with Crippen molar-refractivity contribution in [2.45, 2.75) is 26.4 Å². The molecule has 1 aromatic rings. The van der Waals surface area contributed by atoms with Crippen LogP contribution in [0.1, 0.15) is 20.8 Å². The maximum atomic E-state index is 11.9. The highest BCUT2D eigenvalue weighted by molar-refractivity contribution is 5.72. The van der Waals surface area contributed by atoms with E-state index < -0.39 is 5.60 Å². The molecule has 5 heteroatoms. The summed E-state index contributed by atoms with van der Waals surface area (Å²) >= 11 is 0. The molecule has 1 aliphatic rings. The molecule has 5 nitrogen and oxygen atoms in total. The summed E-state index contributed by atoms with van der Waals surface area (Å²) < 4.78 is 10.5. The van der Waals surface area contributed by atoms with Gasteiger partial charge in [0.2, 0.25) is 0 Å². The van der Waals surface area contributed by atoms with E-state index in [2.05, 4.69) is 21.9 Å². The fourth-order valence-corrected chi connectivity index (χ4v) is 2.51. The minimum Gasteiger partial charge on any atom is -0.497 e. The summed E-state index contributed by atoms with van der Waals surface area (Å²) in [5.74, 6) is 0.720. The van der Waals surface area contributed by atoms with Crippen molar-refractivity contribution < 1.29 is 14.3 Å². The van der Waals surface area contributed by atoms with Crippen LogP contribution in [0.4, 0.5) is 5.69 Å². The normalized spacial score (nSPS) is 16.5. The predicted octanol–water partition coefficient (Wildman–Crippen LogP) is 2.16. The Labute approximate surface area is 132 Å². The van der Waals surface area contributed by atoms with Gasteiger partial charge in [0.1, 0.15) is 11.4 Å². The molecular weight excluding hydrogens is 280 g/mol. The largest absolute Gasteiger partial charge is 0.497 e. The van der Waals surface area contributed by atoms with E-state index in [0.29, 0.717) is 6.54 Å². The minimum atomic E-state index is -0.415. The second-order valence-corrected chi connectivity index (χ2v) is 6.55. The van der Waals surface area contributed by atoms with Crippen molar-refractivity contribution in [2.75, 3.05) is 44.7 Å². The van der Waals surface area contributed by atoms with Crippen LogP contribution in [0.15, 0.2) is 24.3 Å². The third-order valence-electron chi connectivity index (χ3n) is 3.58. The standard InChI is InChI=1S/C17H26N2O3/c1-17(2,3)22-16(20)13-18-9-11-19(12-10-18)14-5-7-15(21-4)8-6-14/h5-8H,9-13H2,1-4H3. The second kappa shape index (κ2) is 7.01. The van der Waals surface area contributed by atoms with Gasteiger partial charge in [0.15, 0.2) is 0 Å². The van der Waals surface area contributed by atoms with Crippen molar-refractivity contribution in [1.82, 2.24) is 4.90 Å². The SMILES string of the molecule is COc1ccc(N2CCN(CC(=O)OC(C)(C)C)CC2)cc1. The predicted molar refractivity (Wildman–Crippen MR) is 87.5 cm³/mol. The van der Waals surface area contributed by atoms with Crippen LogP contribution in [0.2, 0.25) is 0 Å². The van der Waals surface area contributed by atoms with E-state index in [9.17, 15) is 4.79 Å². The van der Waals surface area contributed by atoms with Gasteiger partial charge in [0.05, 0.1) is 13.7 Å². The van der Waals surface area contributed by atoms with Crippen molar-refractivity contribution in [3.05, 3.63) is 24.3 Å². The van der Waals surface area contributed by atoms with Crippen LogP contribution in [0.3, 0.4) is 0 Å². The van der Waals surface area contributed by atoms with E-state index in [1.54, 1.807) is 7.11 Å². The molecule has 0 amide bonds. The Bertz CT molecular complexity index is 486. The molecule has 0 bridgehead atoms. The zero-order valence-electron chi connectivity index (χ0n) is 14.0. The highest BCUT2D eigenvalue weighted by atomic mass is 16.6. The number of carbonyl (C=O) groups excluding carboxylic acids is 1. The van der Waals surface area contributed by atoms with Gasteiger partial charge in [-0.25, -0.2) is 0 Å². The molecule has 0 atom stereocenters. The summed E-state index contributed by atoms with van der Waals surface area (Å²) in [6.07, 6.45) is 0. The lowest BCUT2D eigenvalue weighted by Crippen LogP contribution is -2.48. The fourth-order valence-electron chi connectivity index (χ4n) is 2.51. The van der Waals surface area contributed by atoms with Crippen LogP contribution in [-0.2, 0) is 9.53 Å². The van der Waals surface area contributed by atoms with Crippen molar-refractivity contribution in [1.29, 1.82) is 0 Å². The number of nitrogens with zero attached hydrogens (tertiary/aromatic N) is 2. The Morgan fingerprint density at radius 2 is 1.68 bits per heavy atom. The van der Waals surface area contributed by atoms with E-state index in [4.69, 9.17) is 9.47 Å². The lowest BCUT2D eigenvalue weighted by Gasteiger charge is -2.36. The average molecular weight is 306 g/mol. The molecule has 0 N–H and O–H groups in total. The molecule has 1 aromatic carbocycles. The molecule has 22 heavy (non-hydrogen) atoms. The van der Waals surface area contributed by atoms with E-state index in [0.717, 1.165) is 31.9 Å². The van der Waals surface area contributed by atoms with Crippen molar-refractivity contribution >= 4 is 11.7 Å². The van der Waals surface area contributed by atoms with Crippen molar-refractivity contribution in [3.8, 4) is 5.75 Å². The maximum Gasteiger partial charge on any atom is 0.320 e. The molecule has 1 heterocycles. The Balaban J connectivity index is 1.81. The van der Waals surface area contributed by atoms with Gasteiger partial charge < -0.3 is 14.4 Å². The first-order valence-corrected chi connectivity index (χ1v) is 7.70. The average Bonchev–Trinajstić information content (AvgIpc) is 2.46. The van der Waals surface area contributed by atoms with E-state index >= 15 is 0 Å². The van der Waals surface area contributed by atoms with E-state index in [1.807, 2.05) is 32.9 Å². The van der Waals surface area contributed by atoms with Gasteiger partial charge >= 0.3 is 5.97 Å². The summed E-state index contributed by atoms with van der Waals surface area (Å²) in [5, 5.41) is 0. The number of ether oxygens (including phenoxy) is 2. The van der Waals surface area contributed by atoms with Gasteiger partial charge in [-0.3, -0.25) is 9.69 Å². The fraction of sp³-hybridized carbons (Fsp3) is 0.588. The van der Waals surface area contributed by atoms with Crippen LogP contribution < -0.4 is 9.64 Å².